The van der Waals surface area contributed by atoms with Gasteiger partial charge >= 0.3 is 0 Å². The molecule has 0 bridgehead atoms. The number of carbonyl (C=O) groups is 1. The summed E-state index contributed by atoms with van der Waals surface area (Å²) in [6, 6.07) is 15.4. The normalized spacial score (nSPS) is 10.8. The molecule has 148 valence electrons. The monoisotopic (exact) mass is 409 g/mol. The number of hydrogen-bond acceptors (Lipinski definition) is 7. The molecule has 8 nitrogen and oxygen atoms in total. The Bertz CT molecular complexity index is 1140. The molecular formula is C20H19N5O3S. The van der Waals surface area contributed by atoms with Crippen molar-refractivity contribution in [3.63, 3.8) is 0 Å². The maximum absolute atomic E-state index is 12.3. The largest absolute Gasteiger partial charge is 0.493 e. The van der Waals surface area contributed by atoms with Gasteiger partial charge < -0.3 is 14.8 Å². The van der Waals surface area contributed by atoms with Crippen LogP contribution in [-0.4, -0.2) is 39.9 Å². The van der Waals surface area contributed by atoms with E-state index in [1.165, 1.54) is 11.3 Å². The number of nitrogens with one attached hydrogen (secondary N) is 1. The molecule has 0 fully saturated rings. The van der Waals surface area contributed by atoms with Crippen LogP contribution in [0.5, 0.6) is 11.5 Å². The van der Waals surface area contributed by atoms with Crippen molar-refractivity contribution in [3.8, 4) is 22.9 Å². The van der Waals surface area contributed by atoms with Gasteiger partial charge in [-0.1, -0.05) is 41.7 Å². The smallest absolute Gasteiger partial charge is 0.236 e. The third-order valence-corrected chi connectivity index (χ3v) is 5.18. The molecule has 2 aromatic carbocycles. The molecule has 1 amide bonds. The van der Waals surface area contributed by atoms with E-state index in [0.29, 0.717) is 40.3 Å². The molecule has 2 heterocycles. The van der Waals surface area contributed by atoms with Crippen molar-refractivity contribution < 1.29 is 14.3 Å². The van der Waals surface area contributed by atoms with Crippen LogP contribution in [0.3, 0.4) is 0 Å². The van der Waals surface area contributed by atoms with E-state index in [1.54, 1.807) is 24.8 Å². The van der Waals surface area contributed by atoms with Crippen molar-refractivity contribution in [2.45, 2.75) is 12.8 Å². The van der Waals surface area contributed by atoms with Crippen molar-refractivity contribution in [1.29, 1.82) is 0 Å². The minimum Gasteiger partial charge on any atom is -0.493 e. The number of methoxy groups -OCH3 is 2. The first-order valence-corrected chi connectivity index (χ1v) is 9.78. The van der Waals surface area contributed by atoms with Crippen LogP contribution in [0, 0.1) is 0 Å². The van der Waals surface area contributed by atoms with Gasteiger partial charge in [0.15, 0.2) is 17.3 Å². The zero-order valence-electron chi connectivity index (χ0n) is 16.0. The first-order valence-electron chi connectivity index (χ1n) is 8.96. The van der Waals surface area contributed by atoms with E-state index >= 15 is 0 Å². The third-order valence-electron chi connectivity index (χ3n) is 4.36. The van der Waals surface area contributed by atoms with Gasteiger partial charge in [0.1, 0.15) is 0 Å². The molecule has 0 aliphatic rings. The zero-order valence-corrected chi connectivity index (χ0v) is 16.8. The number of ether oxygens (including phenoxy) is 2. The number of carbonyl (C=O) groups excluding carboxylic acids is 1. The number of fused-ring (bicyclic) bond motifs is 1. The Balaban J connectivity index is 1.51. The minimum atomic E-state index is -0.0912. The van der Waals surface area contributed by atoms with Crippen molar-refractivity contribution in [3.05, 3.63) is 54.1 Å². The second-order valence-electron chi connectivity index (χ2n) is 6.23. The summed E-state index contributed by atoms with van der Waals surface area (Å²) in [5.41, 5.74) is 1.90. The third kappa shape index (κ3) is 4.04. The summed E-state index contributed by atoms with van der Waals surface area (Å²) in [5.74, 6) is 1.68. The summed E-state index contributed by atoms with van der Waals surface area (Å²) < 4.78 is 12.2. The van der Waals surface area contributed by atoms with Gasteiger partial charge in [-0.2, -0.15) is 4.52 Å². The van der Waals surface area contributed by atoms with Crippen LogP contribution in [0.2, 0.25) is 0 Å². The molecule has 0 saturated carbocycles. The van der Waals surface area contributed by atoms with Crippen molar-refractivity contribution >= 4 is 27.3 Å². The van der Waals surface area contributed by atoms with Gasteiger partial charge in [-0.3, -0.25) is 4.79 Å². The first kappa shape index (κ1) is 18.9. The molecule has 0 saturated heterocycles. The van der Waals surface area contributed by atoms with E-state index in [9.17, 15) is 4.79 Å². The van der Waals surface area contributed by atoms with Gasteiger partial charge in [0.05, 0.1) is 14.2 Å². The Labute approximate surface area is 171 Å². The highest BCUT2D eigenvalue weighted by Crippen LogP contribution is 2.32. The van der Waals surface area contributed by atoms with Gasteiger partial charge in [-0.05, 0) is 30.2 Å². The fraction of sp³-hybridized carbons (Fsp3) is 0.200. The second-order valence-corrected chi connectivity index (χ2v) is 7.18. The number of aryl methyl sites for hydroxylation is 1. The highest BCUT2D eigenvalue weighted by molar-refractivity contribution is 7.20. The van der Waals surface area contributed by atoms with Crippen molar-refractivity contribution in [2.24, 2.45) is 0 Å². The molecule has 4 rings (SSSR count). The van der Waals surface area contributed by atoms with Crippen molar-refractivity contribution in [2.75, 3.05) is 19.5 Å². The second kappa shape index (κ2) is 8.27. The lowest BCUT2D eigenvalue weighted by molar-refractivity contribution is -0.116. The molecule has 0 aliphatic carbocycles. The number of hydrogen-bond donors (Lipinski definition) is 1. The van der Waals surface area contributed by atoms with E-state index in [-0.39, 0.29) is 5.91 Å². The Hall–Kier alpha value is -3.46. The number of benzene rings is 2. The maximum Gasteiger partial charge on any atom is 0.236 e. The molecule has 0 spiro atoms. The Kier molecular flexibility index (Phi) is 5.39. The summed E-state index contributed by atoms with van der Waals surface area (Å²) in [6.07, 6.45) is 1.06. The van der Waals surface area contributed by atoms with Gasteiger partial charge in [0.25, 0.3) is 0 Å². The average Bonchev–Trinajstić information content (AvgIpc) is 3.32. The van der Waals surface area contributed by atoms with Crippen LogP contribution in [0.4, 0.5) is 5.13 Å². The molecular weight excluding hydrogens is 390 g/mol. The summed E-state index contributed by atoms with van der Waals surface area (Å²) in [5, 5.41) is 16.1. The maximum atomic E-state index is 12.3. The lowest BCUT2D eigenvalue weighted by Gasteiger charge is -2.08. The summed E-state index contributed by atoms with van der Waals surface area (Å²) in [6.45, 7) is 0. The van der Waals surface area contributed by atoms with Gasteiger partial charge in [-0.25, -0.2) is 0 Å². The summed E-state index contributed by atoms with van der Waals surface area (Å²) in [7, 11) is 3.16. The number of aromatic nitrogens is 4. The van der Waals surface area contributed by atoms with Gasteiger partial charge in [0.2, 0.25) is 16.0 Å². The molecule has 4 aromatic rings. The quantitative estimate of drug-likeness (QED) is 0.503. The first-order chi connectivity index (χ1) is 14.2. The molecule has 0 radical (unpaired) electrons. The Morgan fingerprint density at radius 1 is 1.07 bits per heavy atom. The lowest BCUT2D eigenvalue weighted by atomic mass is 10.1. The molecule has 29 heavy (non-hydrogen) atoms. The topological polar surface area (TPSA) is 90.6 Å². The van der Waals surface area contributed by atoms with E-state index < -0.39 is 0 Å². The van der Waals surface area contributed by atoms with Crippen LogP contribution in [0.1, 0.15) is 12.0 Å². The van der Waals surface area contributed by atoms with Crippen LogP contribution in [0.15, 0.2) is 48.5 Å². The summed E-state index contributed by atoms with van der Waals surface area (Å²) >= 11 is 1.27. The van der Waals surface area contributed by atoms with Crippen LogP contribution >= 0.6 is 11.3 Å². The lowest BCUT2D eigenvalue weighted by Crippen LogP contribution is -2.12. The molecule has 0 atom stereocenters. The van der Waals surface area contributed by atoms with Crippen molar-refractivity contribution in [1.82, 2.24) is 19.8 Å². The highest BCUT2D eigenvalue weighted by Gasteiger charge is 2.16. The number of anilines is 1. The molecule has 0 aliphatic heterocycles. The molecule has 2 aromatic heterocycles. The van der Waals surface area contributed by atoms with E-state index in [0.717, 1.165) is 11.1 Å². The molecule has 9 heteroatoms. The standard InChI is InChI=1S/C20H19N5O3S/c1-27-15-10-9-14(12-16(15)28-2)18-22-23-20-25(18)24-19(29-20)21-17(26)11-8-13-6-4-3-5-7-13/h3-7,9-10,12H,8,11H2,1-2H3,(H,21,24,26). The summed E-state index contributed by atoms with van der Waals surface area (Å²) in [4.78, 5) is 12.9. The minimum absolute atomic E-state index is 0.0912. The van der Waals surface area contributed by atoms with E-state index in [2.05, 4.69) is 20.6 Å². The predicted octanol–water partition coefficient (Wildman–Crippen LogP) is 3.44. The van der Waals surface area contributed by atoms with Gasteiger partial charge in [-0.15, -0.1) is 15.3 Å². The van der Waals surface area contributed by atoms with E-state index in [4.69, 9.17) is 9.47 Å². The SMILES string of the molecule is COc1ccc(-c2nnc3sc(NC(=O)CCc4ccccc4)nn23)cc1OC. The molecule has 1 N–H and O–H groups in total. The van der Waals surface area contributed by atoms with Gasteiger partial charge in [0, 0.05) is 12.0 Å². The predicted molar refractivity (Wildman–Crippen MR) is 111 cm³/mol. The fourth-order valence-corrected chi connectivity index (χ4v) is 3.66. The molecule has 0 unspecified atom stereocenters. The van der Waals surface area contributed by atoms with Crippen LogP contribution in [0.25, 0.3) is 16.3 Å². The Morgan fingerprint density at radius 2 is 1.86 bits per heavy atom. The Morgan fingerprint density at radius 3 is 2.62 bits per heavy atom. The van der Waals surface area contributed by atoms with E-state index in [1.807, 2.05) is 42.5 Å². The number of amides is 1. The zero-order chi connectivity index (χ0) is 20.2. The number of nitrogens with zero attached hydrogens (tertiary/aromatic N) is 4. The number of rotatable bonds is 7. The van der Waals surface area contributed by atoms with Crippen LogP contribution in [-0.2, 0) is 11.2 Å². The highest BCUT2D eigenvalue weighted by atomic mass is 32.1. The fourth-order valence-electron chi connectivity index (χ4n) is 2.91. The average molecular weight is 409 g/mol. The van der Waals surface area contributed by atoms with Crippen LogP contribution < -0.4 is 14.8 Å².